The molecule has 0 atom stereocenters. The fraction of sp³-hybridized carbons (Fsp3) is 0.333. The Morgan fingerprint density at radius 2 is 1.86 bits per heavy atom. The highest BCUT2D eigenvalue weighted by Gasteiger charge is 2.22. The summed E-state index contributed by atoms with van der Waals surface area (Å²) in [4.78, 5) is 0.646. The van der Waals surface area contributed by atoms with Gasteiger partial charge in [0.1, 0.15) is 0 Å². The summed E-state index contributed by atoms with van der Waals surface area (Å²) in [5, 5.41) is 0. The zero-order chi connectivity index (χ0) is 5.91. The molecule has 4 heteroatoms. The smallest absolute Gasteiger partial charge is 0.166 e. The Bertz CT molecular complexity index is 72.7. The van der Waals surface area contributed by atoms with Crippen molar-refractivity contribution in [2.45, 2.75) is 6.18 Å². The monoisotopic (exact) mass is 173 g/mol. The third kappa shape index (κ3) is 6.01. The van der Waals surface area contributed by atoms with Crippen molar-refractivity contribution >= 4 is 15.9 Å². The van der Waals surface area contributed by atoms with Crippen molar-refractivity contribution in [2.24, 2.45) is 0 Å². The molecule has 0 N–H and O–H groups in total. The molecule has 0 aromatic heterocycles. The highest BCUT2D eigenvalue weighted by atomic mass is 79.9. The van der Waals surface area contributed by atoms with Gasteiger partial charge >= 0.3 is 6.18 Å². The first kappa shape index (κ1) is 7.01. The molecule has 7 heavy (non-hydrogen) atoms. The topological polar surface area (TPSA) is 0 Å². The van der Waals surface area contributed by atoms with Crippen LogP contribution in [0.4, 0.5) is 13.2 Å². The molecule has 0 heterocycles. The van der Waals surface area contributed by atoms with Crippen LogP contribution in [0.1, 0.15) is 0 Å². The maximum absolute atomic E-state index is 10.9. The largest absolute Gasteiger partial charge is 0.417 e. The van der Waals surface area contributed by atoms with E-state index in [0.29, 0.717) is 4.99 Å². The van der Waals surface area contributed by atoms with E-state index >= 15 is 0 Å². The van der Waals surface area contributed by atoms with E-state index in [1.165, 1.54) is 0 Å². The van der Waals surface area contributed by atoms with Gasteiger partial charge in [0.05, 0.1) is 6.08 Å². The van der Waals surface area contributed by atoms with Gasteiger partial charge in [0.2, 0.25) is 0 Å². The van der Waals surface area contributed by atoms with Crippen LogP contribution in [0.5, 0.6) is 0 Å². The lowest BCUT2D eigenvalue weighted by molar-refractivity contribution is -0.0872. The van der Waals surface area contributed by atoms with Crippen LogP contribution in [-0.2, 0) is 0 Å². The van der Waals surface area contributed by atoms with Crippen molar-refractivity contribution < 1.29 is 13.2 Å². The Morgan fingerprint density at radius 3 is 1.86 bits per heavy atom. The summed E-state index contributed by atoms with van der Waals surface area (Å²) in [6.07, 6.45) is -3.23. The minimum atomic E-state index is -4.30. The molecule has 0 bridgehead atoms. The number of hydrogen-bond donors (Lipinski definition) is 0. The standard InChI is InChI=1S/C3HBrF3/c4-2-1-3(5,6)7/h2H. The summed E-state index contributed by atoms with van der Waals surface area (Å²) in [5.74, 6) is 0. The second-order valence-corrected chi connectivity index (χ2v) is 1.21. The zero-order valence-corrected chi connectivity index (χ0v) is 4.68. The minimum absolute atomic E-state index is 0.646. The van der Waals surface area contributed by atoms with Crippen LogP contribution < -0.4 is 0 Å². The molecule has 0 aliphatic carbocycles. The first-order chi connectivity index (χ1) is 3.06. The highest BCUT2D eigenvalue weighted by molar-refractivity contribution is 9.11. The number of allylic oxidation sites excluding steroid dienone is 1. The quantitative estimate of drug-likeness (QED) is 0.528. The number of rotatable bonds is 0. The van der Waals surface area contributed by atoms with Gasteiger partial charge in [-0.1, -0.05) is 15.9 Å². The van der Waals surface area contributed by atoms with Crippen LogP contribution in [0.2, 0.25) is 0 Å². The summed E-state index contributed by atoms with van der Waals surface area (Å²) in [6, 6.07) is 0. The molecule has 0 unspecified atom stereocenters. The molecule has 1 radical (unpaired) electrons. The molecule has 0 aromatic carbocycles. The van der Waals surface area contributed by atoms with E-state index in [1.54, 1.807) is 0 Å². The average Bonchev–Trinajstić information content (AvgIpc) is 1.30. The highest BCUT2D eigenvalue weighted by Crippen LogP contribution is 2.15. The van der Waals surface area contributed by atoms with Crippen molar-refractivity contribution in [3.8, 4) is 0 Å². The second kappa shape index (κ2) is 2.35. The summed E-state index contributed by atoms with van der Waals surface area (Å²) in [6.45, 7) is 0. The average molecular weight is 174 g/mol. The van der Waals surface area contributed by atoms with Gasteiger partial charge in [-0.05, 0) is 4.99 Å². The van der Waals surface area contributed by atoms with Gasteiger partial charge in [-0.15, -0.1) is 0 Å². The molecule has 0 amide bonds. The van der Waals surface area contributed by atoms with Crippen molar-refractivity contribution in [2.75, 3.05) is 0 Å². The van der Waals surface area contributed by atoms with E-state index in [1.807, 2.05) is 0 Å². The molecule has 0 spiro atoms. The molecule has 41 valence electrons. The lowest BCUT2D eigenvalue weighted by atomic mass is 10.6. The minimum Gasteiger partial charge on any atom is -0.166 e. The molecule has 0 nitrogen and oxygen atoms in total. The molecule has 0 saturated heterocycles. The molecule has 0 aliphatic rings. The third-order valence-corrected chi connectivity index (χ3v) is 0.447. The molecule has 0 aromatic rings. The van der Waals surface area contributed by atoms with Crippen molar-refractivity contribution in [1.29, 1.82) is 0 Å². The predicted octanol–water partition coefficient (Wildman–Crippen LogP) is 2.26. The molecule has 0 rings (SSSR count). The Balaban J connectivity index is 3.56. The number of halogens is 4. The lowest BCUT2D eigenvalue weighted by Gasteiger charge is -1.91. The van der Waals surface area contributed by atoms with Crippen molar-refractivity contribution in [3.05, 3.63) is 11.1 Å². The Labute approximate surface area is 47.1 Å². The maximum atomic E-state index is 10.9. The number of hydrogen-bond acceptors (Lipinski definition) is 0. The van der Waals surface area contributed by atoms with Crippen LogP contribution in [0.3, 0.4) is 0 Å². The van der Waals surface area contributed by atoms with Crippen molar-refractivity contribution in [1.82, 2.24) is 0 Å². The van der Waals surface area contributed by atoms with E-state index in [0.717, 1.165) is 6.08 Å². The first-order valence-corrected chi connectivity index (χ1v) is 2.24. The third-order valence-electron chi connectivity index (χ3n) is 0.218. The van der Waals surface area contributed by atoms with Crippen molar-refractivity contribution in [3.63, 3.8) is 0 Å². The van der Waals surface area contributed by atoms with E-state index in [4.69, 9.17) is 0 Å². The van der Waals surface area contributed by atoms with E-state index in [2.05, 4.69) is 15.9 Å². The van der Waals surface area contributed by atoms with E-state index in [9.17, 15) is 13.2 Å². The van der Waals surface area contributed by atoms with E-state index < -0.39 is 6.18 Å². The SMILES string of the molecule is FC(F)(F)/[C]=C\Br. The summed E-state index contributed by atoms with van der Waals surface area (Å²) >= 11 is 2.43. The van der Waals surface area contributed by atoms with Crippen LogP contribution in [0, 0.1) is 6.08 Å². The van der Waals surface area contributed by atoms with Gasteiger partial charge in [0.25, 0.3) is 0 Å². The van der Waals surface area contributed by atoms with Gasteiger partial charge in [0, 0.05) is 0 Å². The summed E-state index contributed by atoms with van der Waals surface area (Å²) in [5.41, 5.74) is 0. The van der Waals surface area contributed by atoms with Crippen LogP contribution in [0.25, 0.3) is 0 Å². The van der Waals surface area contributed by atoms with Gasteiger partial charge in [-0.25, -0.2) is 0 Å². The molecular formula is C3HBrF3. The van der Waals surface area contributed by atoms with Gasteiger partial charge in [0.15, 0.2) is 0 Å². The van der Waals surface area contributed by atoms with Gasteiger partial charge in [-0.2, -0.15) is 13.2 Å². The molecular weight excluding hydrogens is 173 g/mol. The molecule has 0 fully saturated rings. The van der Waals surface area contributed by atoms with Gasteiger partial charge in [-0.3, -0.25) is 0 Å². The van der Waals surface area contributed by atoms with Gasteiger partial charge < -0.3 is 0 Å². The Morgan fingerprint density at radius 1 is 1.43 bits per heavy atom. The zero-order valence-electron chi connectivity index (χ0n) is 3.09. The van der Waals surface area contributed by atoms with E-state index in [-0.39, 0.29) is 0 Å². The fourth-order valence-corrected chi connectivity index (χ4v) is 0.321. The number of alkyl halides is 3. The maximum Gasteiger partial charge on any atom is 0.417 e. The first-order valence-electron chi connectivity index (χ1n) is 1.32. The second-order valence-electron chi connectivity index (χ2n) is 0.751. The summed E-state index contributed by atoms with van der Waals surface area (Å²) in [7, 11) is 0. The molecule has 0 aliphatic heterocycles. The normalized spacial score (nSPS) is 13.1. The van der Waals surface area contributed by atoms with Crippen LogP contribution in [-0.4, -0.2) is 6.18 Å². The Hall–Kier alpha value is 0.01000. The lowest BCUT2D eigenvalue weighted by Crippen LogP contribution is -2.00. The molecule has 0 saturated carbocycles. The van der Waals surface area contributed by atoms with Crippen LogP contribution >= 0.6 is 15.9 Å². The summed E-state index contributed by atoms with van der Waals surface area (Å²) < 4.78 is 32.7. The fourth-order valence-electron chi connectivity index (χ4n) is 0.0619. The van der Waals surface area contributed by atoms with Crippen LogP contribution in [0.15, 0.2) is 4.99 Å². The predicted molar refractivity (Wildman–Crippen MR) is 22.8 cm³/mol. The Kier molecular flexibility index (Phi) is 2.35.